The highest BCUT2D eigenvalue weighted by Gasteiger charge is 2.37. The van der Waals surface area contributed by atoms with E-state index in [2.05, 4.69) is 16.7 Å². The van der Waals surface area contributed by atoms with Gasteiger partial charge in [0.25, 0.3) is 0 Å². The predicted molar refractivity (Wildman–Crippen MR) is 84.0 cm³/mol. The van der Waals surface area contributed by atoms with Crippen LogP contribution in [0.3, 0.4) is 0 Å². The van der Waals surface area contributed by atoms with Crippen LogP contribution in [0.1, 0.15) is 39.0 Å². The summed E-state index contributed by atoms with van der Waals surface area (Å²) in [6.45, 7) is 8.26. The minimum Gasteiger partial charge on any atom is -0.343 e. The number of carbonyl (C=O) groups is 1. The van der Waals surface area contributed by atoms with E-state index in [-0.39, 0.29) is 6.04 Å². The molecular weight excluding hydrogens is 264 g/mol. The standard InChI is InChI=1S/C16H30N4O/c1-13-11-19-8-4-5-14(19)12-20(13)15(10-17)9-16(21)18-6-2-3-7-18/h13-15H,2-12,17H2,1H3. The molecule has 0 aromatic carbocycles. The Balaban J connectivity index is 1.60. The summed E-state index contributed by atoms with van der Waals surface area (Å²) in [7, 11) is 0. The van der Waals surface area contributed by atoms with Crippen molar-refractivity contribution in [3.05, 3.63) is 0 Å². The molecule has 0 saturated carbocycles. The van der Waals surface area contributed by atoms with Gasteiger partial charge in [0, 0.05) is 57.3 Å². The molecule has 0 spiro atoms. The predicted octanol–water partition coefficient (Wildman–Crippen LogP) is 0.495. The van der Waals surface area contributed by atoms with Crippen molar-refractivity contribution in [2.75, 3.05) is 39.3 Å². The first-order chi connectivity index (χ1) is 10.2. The van der Waals surface area contributed by atoms with E-state index < -0.39 is 0 Å². The van der Waals surface area contributed by atoms with Crippen LogP contribution in [0.15, 0.2) is 0 Å². The van der Waals surface area contributed by atoms with Crippen LogP contribution in [-0.4, -0.2) is 78.0 Å². The maximum atomic E-state index is 12.4. The number of nitrogens with zero attached hydrogens (tertiary/aromatic N) is 3. The molecule has 3 fully saturated rings. The maximum Gasteiger partial charge on any atom is 0.224 e. The molecule has 3 saturated heterocycles. The SMILES string of the molecule is CC1CN2CCCC2CN1C(CN)CC(=O)N1CCCC1. The Bertz CT molecular complexity index is 369. The summed E-state index contributed by atoms with van der Waals surface area (Å²) in [5, 5.41) is 0. The zero-order valence-corrected chi connectivity index (χ0v) is 13.3. The lowest BCUT2D eigenvalue weighted by molar-refractivity contribution is -0.132. The van der Waals surface area contributed by atoms with Crippen LogP contribution in [0.25, 0.3) is 0 Å². The highest BCUT2D eigenvalue weighted by Crippen LogP contribution is 2.26. The zero-order chi connectivity index (χ0) is 14.8. The molecule has 3 heterocycles. The fourth-order valence-corrected chi connectivity index (χ4v) is 4.35. The van der Waals surface area contributed by atoms with Crippen molar-refractivity contribution in [1.82, 2.24) is 14.7 Å². The monoisotopic (exact) mass is 294 g/mol. The van der Waals surface area contributed by atoms with Crippen molar-refractivity contribution in [3.63, 3.8) is 0 Å². The first kappa shape index (κ1) is 15.3. The van der Waals surface area contributed by atoms with Gasteiger partial charge >= 0.3 is 0 Å². The molecule has 2 N–H and O–H groups in total. The van der Waals surface area contributed by atoms with E-state index in [1.165, 1.54) is 19.4 Å². The third-order valence-corrected chi connectivity index (χ3v) is 5.60. The molecule has 0 radical (unpaired) electrons. The van der Waals surface area contributed by atoms with Crippen LogP contribution in [0.2, 0.25) is 0 Å². The second-order valence-electron chi connectivity index (χ2n) is 7.02. The quantitative estimate of drug-likeness (QED) is 0.820. The minimum atomic E-state index is 0.218. The second kappa shape index (κ2) is 6.63. The van der Waals surface area contributed by atoms with Gasteiger partial charge in [0.2, 0.25) is 5.91 Å². The van der Waals surface area contributed by atoms with Crippen LogP contribution in [0, 0.1) is 0 Å². The average molecular weight is 294 g/mol. The van der Waals surface area contributed by atoms with Crippen molar-refractivity contribution < 1.29 is 4.79 Å². The Morgan fingerprint density at radius 3 is 2.67 bits per heavy atom. The van der Waals surface area contributed by atoms with Gasteiger partial charge in [-0.25, -0.2) is 0 Å². The van der Waals surface area contributed by atoms with Crippen LogP contribution < -0.4 is 5.73 Å². The van der Waals surface area contributed by atoms with Crippen molar-refractivity contribution >= 4 is 5.91 Å². The number of likely N-dealkylation sites (tertiary alicyclic amines) is 1. The Kier molecular flexibility index (Phi) is 4.82. The van der Waals surface area contributed by atoms with Crippen LogP contribution in [0.4, 0.5) is 0 Å². The summed E-state index contributed by atoms with van der Waals surface area (Å²) in [6, 6.07) is 1.42. The number of hydrogen-bond donors (Lipinski definition) is 1. The molecule has 1 amide bonds. The first-order valence-electron chi connectivity index (χ1n) is 8.66. The molecule has 0 aliphatic carbocycles. The number of rotatable bonds is 4. The summed E-state index contributed by atoms with van der Waals surface area (Å²) in [6.07, 6.45) is 5.56. The third-order valence-electron chi connectivity index (χ3n) is 5.60. The Hall–Kier alpha value is -0.650. The van der Waals surface area contributed by atoms with Gasteiger partial charge in [-0.3, -0.25) is 14.6 Å². The van der Waals surface area contributed by atoms with Crippen LogP contribution in [-0.2, 0) is 4.79 Å². The van der Waals surface area contributed by atoms with Crippen molar-refractivity contribution in [3.8, 4) is 0 Å². The molecule has 0 aromatic rings. The van der Waals surface area contributed by atoms with E-state index >= 15 is 0 Å². The minimum absolute atomic E-state index is 0.218. The largest absolute Gasteiger partial charge is 0.343 e. The fraction of sp³-hybridized carbons (Fsp3) is 0.938. The number of hydrogen-bond acceptors (Lipinski definition) is 4. The number of carbonyl (C=O) groups excluding carboxylic acids is 1. The highest BCUT2D eigenvalue weighted by atomic mass is 16.2. The van der Waals surface area contributed by atoms with Crippen LogP contribution >= 0.6 is 0 Å². The van der Waals surface area contributed by atoms with Gasteiger partial charge < -0.3 is 10.6 Å². The molecule has 3 aliphatic heterocycles. The van der Waals surface area contributed by atoms with Crippen molar-refractivity contribution in [1.29, 1.82) is 0 Å². The molecule has 3 aliphatic rings. The number of piperazine rings is 1. The van der Waals surface area contributed by atoms with E-state index in [1.54, 1.807) is 0 Å². The number of fused-ring (bicyclic) bond motifs is 1. The Morgan fingerprint density at radius 1 is 1.19 bits per heavy atom. The Morgan fingerprint density at radius 2 is 1.95 bits per heavy atom. The molecule has 0 bridgehead atoms. The van der Waals surface area contributed by atoms with Gasteiger partial charge in [-0.15, -0.1) is 0 Å². The molecule has 5 nitrogen and oxygen atoms in total. The summed E-state index contributed by atoms with van der Waals surface area (Å²) in [5.74, 6) is 0.309. The van der Waals surface area contributed by atoms with Gasteiger partial charge in [-0.05, 0) is 39.2 Å². The second-order valence-corrected chi connectivity index (χ2v) is 7.02. The molecule has 120 valence electrons. The van der Waals surface area contributed by atoms with Gasteiger partial charge in [-0.1, -0.05) is 0 Å². The highest BCUT2D eigenvalue weighted by molar-refractivity contribution is 5.77. The molecule has 3 rings (SSSR count). The summed E-state index contributed by atoms with van der Waals surface area (Å²) in [5.41, 5.74) is 6.02. The summed E-state index contributed by atoms with van der Waals surface area (Å²) in [4.78, 5) is 19.6. The lowest BCUT2D eigenvalue weighted by Gasteiger charge is -2.46. The Labute approximate surface area is 128 Å². The van der Waals surface area contributed by atoms with Crippen LogP contribution in [0.5, 0.6) is 0 Å². The van der Waals surface area contributed by atoms with E-state index in [0.29, 0.717) is 31.0 Å². The zero-order valence-electron chi connectivity index (χ0n) is 13.3. The lowest BCUT2D eigenvalue weighted by Crippen LogP contribution is -2.60. The first-order valence-corrected chi connectivity index (χ1v) is 8.66. The third kappa shape index (κ3) is 3.25. The molecule has 3 atom stereocenters. The molecular formula is C16H30N4O. The normalized spacial score (nSPS) is 32.4. The molecule has 21 heavy (non-hydrogen) atoms. The van der Waals surface area contributed by atoms with E-state index in [9.17, 15) is 4.79 Å². The summed E-state index contributed by atoms with van der Waals surface area (Å²) < 4.78 is 0. The van der Waals surface area contributed by atoms with E-state index in [4.69, 9.17) is 5.73 Å². The van der Waals surface area contributed by atoms with E-state index in [0.717, 1.165) is 39.0 Å². The van der Waals surface area contributed by atoms with Crippen molar-refractivity contribution in [2.45, 2.75) is 57.2 Å². The topological polar surface area (TPSA) is 52.8 Å². The molecule has 3 unspecified atom stereocenters. The van der Waals surface area contributed by atoms with Gasteiger partial charge in [0.1, 0.15) is 0 Å². The lowest BCUT2D eigenvalue weighted by atomic mass is 10.0. The van der Waals surface area contributed by atoms with Crippen molar-refractivity contribution in [2.24, 2.45) is 5.73 Å². The van der Waals surface area contributed by atoms with Gasteiger partial charge in [-0.2, -0.15) is 0 Å². The van der Waals surface area contributed by atoms with Gasteiger partial charge in [0.05, 0.1) is 0 Å². The summed E-state index contributed by atoms with van der Waals surface area (Å²) >= 11 is 0. The number of nitrogens with two attached hydrogens (primary N) is 1. The van der Waals surface area contributed by atoms with Gasteiger partial charge in [0.15, 0.2) is 0 Å². The smallest absolute Gasteiger partial charge is 0.224 e. The number of amides is 1. The van der Waals surface area contributed by atoms with E-state index in [1.807, 2.05) is 4.90 Å². The molecule has 5 heteroatoms. The maximum absolute atomic E-state index is 12.4. The molecule has 0 aromatic heterocycles. The average Bonchev–Trinajstić information content (AvgIpc) is 3.14. The fourth-order valence-electron chi connectivity index (χ4n) is 4.35.